The minimum atomic E-state index is -0.696. The normalized spacial score (nSPS) is 27.2. The zero-order chi connectivity index (χ0) is 20.1. The third-order valence-electron chi connectivity index (χ3n) is 6.06. The van der Waals surface area contributed by atoms with E-state index in [9.17, 15) is 14.4 Å². The van der Waals surface area contributed by atoms with Gasteiger partial charge in [-0.1, -0.05) is 36.4 Å². The van der Waals surface area contributed by atoms with Crippen molar-refractivity contribution in [3.63, 3.8) is 0 Å². The molecule has 5 rings (SSSR count). The van der Waals surface area contributed by atoms with Crippen LogP contribution in [0.3, 0.4) is 0 Å². The van der Waals surface area contributed by atoms with Gasteiger partial charge in [-0.3, -0.25) is 19.3 Å². The smallest absolute Gasteiger partial charge is 0.235 e. The summed E-state index contributed by atoms with van der Waals surface area (Å²) in [4.78, 5) is 43.9. The molecule has 2 amide bonds. The van der Waals surface area contributed by atoms with Crippen LogP contribution < -0.4 is 4.90 Å². The topological polar surface area (TPSA) is 66.9 Å². The molecule has 2 saturated heterocycles. The number of fused-ring (bicyclic) bond motifs is 5. The van der Waals surface area contributed by atoms with Crippen LogP contribution in [0.1, 0.15) is 15.2 Å². The van der Waals surface area contributed by atoms with Gasteiger partial charge in [0.25, 0.3) is 0 Å². The van der Waals surface area contributed by atoms with Crippen molar-refractivity contribution in [2.24, 2.45) is 11.8 Å². The Hall–Kier alpha value is -2.77. The Morgan fingerprint density at radius 1 is 1.10 bits per heavy atom. The second-order valence-electron chi connectivity index (χ2n) is 7.47. The minimum Gasteiger partial charge on any atom is -0.383 e. The molecule has 4 heterocycles. The number of hydrogen-bond donors (Lipinski definition) is 0. The summed E-state index contributed by atoms with van der Waals surface area (Å²) in [7, 11) is 1.54. The van der Waals surface area contributed by atoms with Gasteiger partial charge in [-0.2, -0.15) is 0 Å². The first-order valence-corrected chi connectivity index (χ1v) is 10.5. The number of ketones is 1. The number of carbonyl (C=O) groups excluding carboxylic acids is 3. The summed E-state index contributed by atoms with van der Waals surface area (Å²) in [6.45, 7) is 0.502. The Kier molecular flexibility index (Phi) is 4.37. The van der Waals surface area contributed by atoms with Crippen molar-refractivity contribution in [1.29, 1.82) is 0 Å². The van der Waals surface area contributed by atoms with Crippen molar-refractivity contribution in [3.05, 3.63) is 58.3 Å². The van der Waals surface area contributed by atoms with Crippen molar-refractivity contribution in [3.8, 4) is 0 Å². The Morgan fingerprint density at radius 2 is 1.90 bits per heavy atom. The van der Waals surface area contributed by atoms with Gasteiger partial charge in [0.2, 0.25) is 11.8 Å². The van der Waals surface area contributed by atoms with Crippen LogP contribution in [0.2, 0.25) is 0 Å². The van der Waals surface area contributed by atoms with E-state index in [1.54, 1.807) is 6.07 Å². The van der Waals surface area contributed by atoms with Crippen molar-refractivity contribution in [2.45, 2.75) is 12.1 Å². The lowest BCUT2D eigenvalue weighted by Gasteiger charge is -2.36. The van der Waals surface area contributed by atoms with Crippen LogP contribution >= 0.6 is 11.3 Å². The van der Waals surface area contributed by atoms with Crippen molar-refractivity contribution in [1.82, 2.24) is 4.90 Å². The molecule has 2 aromatic rings. The van der Waals surface area contributed by atoms with E-state index in [0.717, 1.165) is 11.3 Å². The van der Waals surface area contributed by atoms with Gasteiger partial charge in [-0.15, -0.1) is 11.3 Å². The molecule has 148 valence electrons. The largest absolute Gasteiger partial charge is 0.383 e. The van der Waals surface area contributed by atoms with Gasteiger partial charge in [0.05, 0.1) is 35.9 Å². The average molecular weight is 408 g/mol. The summed E-state index contributed by atoms with van der Waals surface area (Å²) >= 11 is 1.37. The molecule has 0 aliphatic carbocycles. The number of likely N-dealkylation sites (tertiary alicyclic amines) is 1. The summed E-state index contributed by atoms with van der Waals surface area (Å²) in [5.41, 5.74) is 1.89. The average Bonchev–Trinajstić information content (AvgIpc) is 3.44. The number of rotatable bonds is 5. The molecule has 2 fully saturated rings. The number of hydrogen-bond acceptors (Lipinski definition) is 6. The Bertz CT molecular complexity index is 1020. The first-order valence-electron chi connectivity index (χ1n) is 9.61. The Morgan fingerprint density at radius 3 is 2.66 bits per heavy atom. The second-order valence-corrected chi connectivity index (χ2v) is 8.42. The maximum atomic E-state index is 13.5. The number of methoxy groups -OCH3 is 1. The molecule has 0 saturated carbocycles. The zero-order valence-electron chi connectivity index (χ0n) is 15.9. The van der Waals surface area contributed by atoms with Gasteiger partial charge in [0.1, 0.15) is 6.04 Å². The molecule has 3 aliphatic rings. The highest BCUT2D eigenvalue weighted by atomic mass is 32.1. The van der Waals surface area contributed by atoms with Crippen LogP contribution in [0.4, 0.5) is 5.69 Å². The first kappa shape index (κ1) is 18.3. The quantitative estimate of drug-likeness (QED) is 0.562. The molecule has 1 aromatic carbocycles. The molecular weight excluding hydrogens is 388 g/mol. The number of ether oxygens (including phenoxy) is 1. The van der Waals surface area contributed by atoms with Gasteiger partial charge in [0, 0.05) is 12.8 Å². The van der Waals surface area contributed by atoms with Gasteiger partial charge >= 0.3 is 0 Å². The summed E-state index contributed by atoms with van der Waals surface area (Å²) < 4.78 is 5.07. The fraction of sp³-hybridized carbons (Fsp3) is 0.318. The molecule has 1 aromatic heterocycles. The van der Waals surface area contributed by atoms with Gasteiger partial charge in [0.15, 0.2) is 5.78 Å². The lowest BCUT2D eigenvalue weighted by atomic mass is 9.87. The number of Topliss-reactive ketones (excluding diaryl/α,β-unsaturated/α-hetero) is 1. The predicted octanol–water partition coefficient (Wildman–Crippen LogP) is 2.46. The van der Waals surface area contributed by atoms with Crippen LogP contribution in [0, 0.1) is 11.8 Å². The van der Waals surface area contributed by atoms with Crippen LogP contribution in [0.5, 0.6) is 0 Å². The molecular formula is C22H20N2O4S. The summed E-state index contributed by atoms with van der Waals surface area (Å²) in [6.07, 6.45) is 3.95. The summed E-state index contributed by atoms with van der Waals surface area (Å²) in [6, 6.07) is 10.4. The van der Waals surface area contributed by atoms with Gasteiger partial charge in [-0.25, -0.2) is 0 Å². The van der Waals surface area contributed by atoms with Gasteiger partial charge < -0.3 is 9.64 Å². The van der Waals surface area contributed by atoms with E-state index in [1.807, 2.05) is 52.8 Å². The molecule has 0 radical (unpaired) electrons. The number of amides is 2. The molecule has 29 heavy (non-hydrogen) atoms. The SMILES string of the molecule is COCCN1C(=O)[C@@H]2[C@H](C1=O)[C@@H](C(=O)c1cccs1)N1c3ccccc3C=C[C@H]21. The number of benzene rings is 1. The van der Waals surface area contributed by atoms with Crippen LogP contribution in [-0.4, -0.2) is 54.8 Å². The van der Waals surface area contributed by atoms with E-state index >= 15 is 0 Å². The Balaban J connectivity index is 1.62. The van der Waals surface area contributed by atoms with E-state index in [0.29, 0.717) is 4.88 Å². The molecule has 0 bridgehead atoms. The predicted molar refractivity (Wildman–Crippen MR) is 110 cm³/mol. The number of para-hydroxylation sites is 1. The fourth-order valence-corrected chi connectivity index (χ4v) is 5.54. The van der Waals surface area contributed by atoms with E-state index in [4.69, 9.17) is 4.74 Å². The lowest BCUT2D eigenvalue weighted by Crippen LogP contribution is -2.49. The maximum Gasteiger partial charge on any atom is 0.235 e. The van der Waals surface area contributed by atoms with Crippen molar-refractivity contribution >= 4 is 40.7 Å². The number of nitrogens with zero attached hydrogens (tertiary/aromatic N) is 2. The standard InChI is InChI=1S/C22H20N2O4S/c1-28-11-10-23-21(26)17-15-9-8-13-5-2-3-6-14(13)24(15)19(18(17)22(23)27)20(25)16-7-4-12-29-16/h2-9,12,15,17-19H,10-11H2,1H3/t15-,17+,18+,19+/m1/s1. The van der Waals surface area contributed by atoms with Crippen LogP contribution in [0.15, 0.2) is 47.9 Å². The van der Waals surface area contributed by atoms with Crippen molar-refractivity contribution < 1.29 is 19.1 Å². The number of thiophene rings is 1. The number of carbonyl (C=O) groups is 3. The molecule has 6 nitrogen and oxygen atoms in total. The Labute approximate surface area is 172 Å². The molecule has 4 atom stereocenters. The molecule has 0 spiro atoms. The molecule has 3 aliphatic heterocycles. The highest BCUT2D eigenvalue weighted by Crippen LogP contribution is 2.49. The molecule has 0 N–H and O–H groups in total. The van der Waals surface area contributed by atoms with E-state index in [2.05, 4.69) is 0 Å². The van der Waals surface area contributed by atoms with E-state index in [1.165, 1.54) is 23.3 Å². The maximum absolute atomic E-state index is 13.5. The number of imide groups is 1. The zero-order valence-corrected chi connectivity index (χ0v) is 16.7. The van der Waals surface area contributed by atoms with Crippen LogP contribution in [0.25, 0.3) is 6.08 Å². The van der Waals surface area contributed by atoms with Gasteiger partial charge in [-0.05, 0) is 23.1 Å². The molecule has 7 heteroatoms. The lowest BCUT2D eigenvalue weighted by molar-refractivity contribution is -0.141. The monoisotopic (exact) mass is 408 g/mol. The third-order valence-corrected chi connectivity index (χ3v) is 6.94. The highest BCUT2D eigenvalue weighted by Gasteiger charge is 2.63. The highest BCUT2D eigenvalue weighted by molar-refractivity contribution is 7.12. The second kappa shape index (κ2) is 6.93. The first-order chi connectivity index (χ1) is 14.1. The third kappa shape index (κ3) is 2.61. The number of anilines is 1. The van der Waals surface area contributed by atoms with E-state index in [-0.39, 0.29) is 36.8 Å². The summed E-state index contributed by atoms with van der Waals surface area (Å²) in [5, 5.41) is 1.85. The minimum absolute atomic E-state index is 0.0997. The van der Waals surface area contributed by atoms with E-state index < -0.39 is 17.9 Å². The summed E-state index contributed by atoms with van der Waals surface area (Å²) in [5.74, 6) is -1.82. The van der Waals surface area contributed by atoms with Crippen LogP contribution in [-0.2, 0) is 14.3 Å². The van der Waals surface area contributed by atoms with Crippen molar-refractivity contribution in [2.75, 3.05) is 25.2 Å². The fourth-order valence-electron chi connectivity index (χ4n) is 4.84. The molecule has 0 unspecified atom stereocenters.